The van der Waals surface area contributed by atoms with Crippen molar-refractivity contribution in [1.82, 2.24) is 26.2 Å². The molecule has 0 radical (unpaired) electrons. The van der Waals surface area contributed by atoms with Gasteiger partial charge in [-0.15, -0.1) is 13.2 Å². The summed E-state index contributed by atoms with van der Waals surface area (Å²) in [5.41, 5.74) is 0.0368. The van der Waals surface area contributed by atoms with Gasteiger partial charge in [0.25, 0.3) is 5.91 Å². The highest BCUT2D eigenvalue weighted by Gasteiger charge is 2.45. The molecule has 5 atom stereocenters. The number of amides is 5. The summed E-state index contributed by atoms with van der Waals surface area (Å²) in [6.07, 6.45) is 7.54. The Balaban J connectivity index is 1.77. The lowest BCUT2D eigenvalue weighted by Crippen LogP contribution is -2.61. The van der Waals surface area contributed by atoms with E-state index < -0.39 is 65.1 Å². The van der Waals surface area contributed by atoms with Crippen molar-refractivity contribution in [3.05, 3.63) is 61.2 Å². The highest BCUT2D eigenvalue weighted by Crippen LogP contribution is 2.31. The number of nitrogens with one attached hydrogen (secondary N) is 4. The van der Waals surface area contributed by atoms with Crippen molar-refractivity contribution in [2.45, 2.75) is 103 Å². The van der Waals surface area contributed by atoms with E-state index in [4.69, 9.17) is 4.74 Å². The molecule has 49 heavy (non-hydrogen) atoms. The fourth-order valence-corrected chi connectivity index (χ4v) is 6.37. The Kier molecular flexibility index (Phi) is 14.6. The first-order chi connectivity index (χ1) is 23.3. The van der Waals surface area contributed by atoms with Gasteiger partial charge >= 0.3 is 12.0 Å². The van der Waals surface area contributed by atoms with Gasteiger partial charge in [0.2, 0.25) is 17.6 Å². The normalized spacial score (nSPS) is 19.6. The summed E-state index contributed by atoms with van der Waals surface area (Å²) in [5, 5.41) is 10.8. The summed E-state index contributed by atoms with van der Waals surface area (Å²) < 4.78 is 5.61. The second-order valence-corrected chi connectivity index (χ2v) is 14.0. The van der Waals surface area contributed by atoms with Crippen LogP contribution in [-0.2, 0) is 35.3 Å². The van der Waals surface area contributed by atoms with Crippen LogP contribution in [0.5, 0.6) is 0 Å². The predicted molar refractivity (Wildman–Crippen MR) is 186 cm³/mol. The highest BCUT2D eigenvalue weighted by molar-refractivity contribution is 6.38. The molecule has 2 aliphatic rings. The van der Waals surface area contributed by atoms with Crippen molar-refractivity contribution >= 4 is 35.5 Å². The molecule has 2 fully saturated rings. The van der Waals surface area contributed by atoms with E-state index in [9.17, 15) is 28.8 Å². The van der Waals surface area contributed by atoms with Gasteiger partial charge in [-0.3, -0.25) is 19.2 Å². The molecule has 1 aliphatic heterocycles. The second-order valence-electron chi connectivity index (χ2n) is 14.0. The molecule has 12 heteroatoms. The van der Waals surface area contributed by atoms with Gasteiger partial charge in [0, 0.05) is 13.1 Å². The maximum Gasteiger partial charge on any atom is 0.329 e. The molecule has 12 nitrogen and oxygen atoms in total. The van der Waals surface area contributed by atoms with E-state index >= 15 is 0 Å². The standard InChI is InChI=1S/C37H53N5O7/c1-7-15-27(30(43)33(45)38-20-8-2)39-32(44)28-21-24(9-3)22-42(28)34(46)31(37(4,5)6)41-36(48)40-29(26-18-13-14-19-26)35(47)49-23-25-16-11-10-12-17-25/h8-12,16-17,24,26-29,31H,2-3,7,13-15,18-23H2,1,4-6H3,(H,38,45)(H,39,44)(H2,40,41,48)/t24-,27?,28+,29+,31-/m1/s1. The number of carbonyl (C=O) groups excluding carboxylic acids is 6. The summed E-state index contributed by atoms with van der Waals surface area (Å²) in [6.45, 7) is 15.0. The zero-order valence-corrected chi connectivity index (χ0v) is 29.3. The molecule has 0 bridgehead atoms. The first kappa shape index (κ1) is 39.0. The molecule has 1 saturated heterocycles. The zero-order valence-electron chi connectivity index (χ0n) is 29.3. The van der Waals surface area contributed by atoms with E-state index in [0.717, 1.165) is 31.2 Å². The van der Waals surface area contributed by atoms with Crippen molar-refractivity contribution in [2.75, 3.05) is 13.1 Å². The molecule has 268 valence electrons. The van der Waals surface area contributed by atoms with Gasteiger partial charge in [-0.2, -0.15) is 0 Å². The molecular formula is C37H53N5O7. The van der Waals surface area contributed by atoms with E-state index in [0.29, 0.717) is 6.42 Å². The fourth-order valence-electron chi connectivity index (χ4n) is 6.37. The Hall–Kier alpha value is -4.48. The summed E-state index contributed by atoms with van der Waals surface area (Å²) >= 11 is 0. The molecule has 0 aromatic heterocycles. The molecule has 1 aromatic carbocycles. The number of likely N-dealkylation sites (tertiary alicyclic amines) is 1. The number of hydrogen-bond donors (Lipinski definition) is 4. The smallest absolute Gasteiger partial charge is 0.329 e. The van der Waals surface area contributed by atoms with Crippen LogP contribution in [0.1, 0.15) is 78.2 Å². The number of Topliss-reactive ketones (excluding diaryl/α,β-unsaturated/α-hetero) is 1. The third-order valence-electron chi connectivity index (χ3n) is 9.12. The van der Waals surface area contributed by atoms with Gasteiger partial charge in [0.15, 0.2) is 0 Å². The van der Waals surface area contributed by atoms with Crippen LogP contribution in [0, 0.1) is 17.3 Å². The van der Waals surface area contributed by atoms with E-state index in [1.54, 1.807) is 26.8 Å². The number of esters is 1. The second kappa shape index (κ2) is 18.3. The number of nitrogens with zero attached hydrogens (tertiary/aromatic N) is 1. The molecule has 5 amide bonds. The van der Waals surface area contributed by atoms with Gasteiger partial charge in [0.05, 0.1) is 6.04 Å². The summed E-state index contributed by atoms with van der Waals surface area (Å²) in [7, 11) is 0. The van der Waals surface area contributed by atoms with Crippen LogP contribution in [0.4, 0.5) is 4.79 Å². The average Bonchev–Trinajstić information content (AvgIpc) is 3.77. The first-order valence-corrected chi connectivity index (χ1v) is 17.2. The van der Waals surface area contributed by atoms with Crippen LogP contribution in [0.2, 0.25) is 0 Å². The van der Waals surface area contributed by atoms with Crippen LogP contribution in [0.15, 0.2) is 55.6 Å². The lowest BCUT2D eigenvalue weighted by molar-refractivity contribution is -0.148. The molecule has 0 spiro atoms. The van der Waals surface area contributed by atoms with Crippen LogP contribution in [0.25, 0.3) is 0 Å². The molecular weight excluding hydrogens is 626 g/mol. The monoisotopic (exact) mass is 679 g/mol. The van der Waals surface area contributed by atoms with E-state index in [2.05, 4.69) is 34.4 Å². The van der Waals surface area contributed by atoms with Gasteiger partial charge in [-0.25, -0.2) is 9.59 Å². The van der Waals surface area contributed by atoms with Gasteiger partial charge in [-0.1, -0.05) is 89.4 Å². The number of urea groups is 1. The van der Waals surface area contributed by atoms with Gasteiger partial charge < -0.3 is 30.9 Å². The Morgan fingerprint density at radius 1 is 1.00 bits per heavy atom. The van der Waals surface area contributed by atoms with Crippen LogP contribution in [-0.4, -0.2) is 77.7 Å². The number of ether oxygens (including phenoxy) is 1. The third kappa shape index (κ3) is 11.0. The number of ketones is 1. The van der Waals surface area contributed by atoms with E-state index in [-0.39, 0.29) is 44.4 Å². The van der Waals surface area contributed by atoms with Gasteiger partial charge in [0.1, 0.15) is 24.7 Å². The van der Waals surface area contributed by atoms with Crippen molar-refractivity contribution in [3.8, 4) is 0 Å². The molecule has 1 aliphatic carbocycles. The Morgan fingerprint density at radius 2 is 1.67 bits per heavy atom. The lowest BCUT2D eigenvalue weighted by Gasteiger charge is -2.36. The third-order valence-corrected chi connectivity index (χ3v) is 9.12. The molecule has 3 rings (SSSR count). The van der Waals surface area contributed by atoms with Crippen LogP contribution >= 0.6 is 0 Å². The highest BCUT2D eigenvalue weighted by atomic mass is 16.5. The maximum atomic E-state index is 14.2. The first-order valence-electron chi connectivity index (χ1n) is 17.2. The Morgan fingerprint density at radius 3 is 2.27 bits per heavy atom. The van der Waals surface area contributed by atoms with Crippen molar-refractivity contribution in [1.29, 1.82) is 0 Å². The van der Waals surface area contributed by atoms with Crippen molar-refractivity contribution in [2.24, 2.45) is 17.3 Å². The summed E-state index contributed by atoms with van der Waals surface area (Å²) in [6, 6.07) is 4.58. The zero-order chi connectivity index (χ0) is 36.1. The van der Waals surface area contributed by atoms with Gasteiger partial charge in [-0.05, 0) is 48.5 Å². The maximum absolute atomic E-state index is 14.2. The minimum atomic E-state index is -1.08. The summed E-state index contributed by atoms with van der Waals surface area (Å²) in [4.78, 5) is 81.4. The predicted octanol–water partition coefficient (Wildman–Crippen LogP) is 3.56. The Labute approximate surface area is 289 Å². The molecule has 1 saturated carbocycles. The van der Waals surface area contributed by atoms with Crippen molar-refractivity contribution in [3.63, 3.8) is 0 Å². The van der Waals surface area contributed by atoms with Crippen LogP contribution < -0.4 is 21.3 Å². The molecule has 1 heterocycles. The quantitative estimate of drug-likeness (QED) is 0.118. The average molecular weight is 680 g/mol. The fraction of sp³-hybridized carbons (Fsp3) is 0.568. The minimum absolute atomic E-state index is 0.0718. The topological polar surface area (TPSA) is 163 Å². The number of benzene rings is 1. The number of rotatable bonds is 16. The minimum Gasteiger partial charge on any atom is -0.459 e. The largest absolute Gasteiger partial charge is 0.459 e. The van der Waals surface area contributed by atoms with Crippen LogP contribution in [0.3, 0.4) is 0 Å². The SMILES string of the molecule is C=CCNC(=O)C(=O)C(CCC)NC(=O)[C@@H]1C[C@@H](C=C)CN1C(=O)[C@@H](NC(=O)N[C@H](C(=O)OCc1ccccc1)C1CCCC1)C(C)(C)C. The lowest BCUT2D eigenvalue weighted by atomic mass is 9.85. The Bertz CT molecular complexity index is 1350. The number of hydrogen-bond acceptors (Lipinski definition) is 7. The van der Waals surface area contributed by atoms with E-state index in [1.165, 1.54) is 11.0 Å². The van der Waals surface area contributed by atoms with Crippen molar-refractivity contribution < 1.29 is 33.5 Å². The van der Waals surface area contributed by atoms with E-state index in [1.807, 2.05) is 37.3 Å². The number of carbonyl (C=O) groups is 6. The molecule has 1 unspecified atom stereocenters. The summed E-state index contributed by atoms with van der Waals surface area (Å²) in [5.74, 6) is -3.52. The molecule has 4 N–H and O–H groups in total. The molecule has 1 aromatic rings.